The number of amides is 2. The van der Waals surface area contributed by atoms with Crippen LogP contribution in [0.5, 0.6) is 0 Å². The molecular formula is C34H36ClN3O4S. The average molecular weight is 618 g/mol. The number of halogens is 1. The summed E-state index contributed by atoms with van der Waals surface area (Å²) in [5, 5.41) is 3.50. The molecule has 43 heavy (non-hydrogen) atoms. The third kappa shape index (κ3) is 8.46. The zero-order valence-corrected chi connectivity index (χ0v) is 26.1. The van der Waals surface area contributed by atoms with Crippen LogP contribution < -0.4 is 9.62 Å². The van der Waals surface area contributed by atoms with Gasteiger partial charge >= 0.3 is 0 Å². The van der Waals surface area contributed by atoms with Crippen molar-refractivity contribution in [2.45, 2.75) is 50.7 Å². The molecule has 0 spiro atoms. The molecule has 224 valence electrons. The molecule has 1 N–H and O–H groups in total. The lowest BCUT2D eigenvalue weighted by Crippen LogP contribution is -2.54. The van der Waals surface area contributed by atoms with Crippen LogP contribution in [0.4, 0.5) is 5.69 Å². The Morgan fingerprint density at radius 3 is 1.95 bits per heavy atom. The minimum atomic E-state index is -4.13. The summed E-state index contributed by atoms with van der Waals surface area (Å²) in [7, 11) is -4.13. The van der Waals surface area contributed by atoms with Crippen molar-refractivity contribution in [1.29, 1.82) is 0 Å². The van der Waals surface area contributed by atoms with Gasteiger partial charge in [-0.2, -0.15) is 0 Å². The first-order valence-electron chi connectivity index (χ1n) is 14.1. The van der Waals surface area contributed by atoms with E-state index < -0.39 is 28.5 Å². The number of anilines is 1. The third-order valence-corrected chi connectivity index (χ3v) is 8.94. The van der Waals surface area contributed by atoms with Crippen LogP contribution in [0.25, 0.3) is 0 Å². The first kappa shape index (κ1) is 31.8. The molecule has 0 heterocycles. The minimum absolute atomic E-state index is 0.0611. The summed E-state index contributed by atoms with van der Waals surface area (Å²) in [4.78, 5) is 29.6. The van der Waals surface area contributed by atoms with Crippen LogP contribution in [-0.4, -0.2) is 43.8 Å². The van der Waals surface area contributed by atoms with Gasteiger partial charge in [0.05, 0.1) is 10.6 Å². The molecule has 4 aromatic carbocycles. The van der Waals surface area contributed by atoms with Gasteiger partial charge in [-0.15, -0.1) is 0 Å². The highest BCUT2D eigenvalue weighted by Crippen LogP contribution is 2.25. The Kier molecular flexibility index (Phi) is 10.6. The summed E-state index contributed by atoms with van der Waals surface area (Å²) in [6.45, 7) is 5.18. The summed E-state index contributed by atoms with van der Waals surface area (Å²) in [6, 6.07) is 30.4. The van der Waals surface area contributed by atoms with Crippen LogP contribution in [0.3, 0.4) is 0 Å². The van der Waals surface area contributed by atoms with Gasteiger partial charge in [0.1, 0.15) is 12.6 Å². The van der Waals surface area contributed by atoms with Crippen molar-refractivity contribution in [3.8, 4) is 0 Å². The number of hydrogen-bond acceptors (Lipinski definition) is 4. The summed E-state index contributed by atoms with van der Waals surface area (Å²) in [5.41, 5.74) is 2.92. The number of sulfonamides is 1. The second kappa shape index (κ2) is 14.4. The molecule has 0 saturated heterocycles. The monoisotopic (exact) mass is 617 g/mol. The molecule has 0 aliphatic heterocycles. The van der Waals surface area contributed by atoms with E-state index >= 15 is 0 Å². The van der Waals surface area contributed by atoms with Crippen molar-refractivity contribution < 1.29 is 18.0 Å². The Labute approximate surface area is 259 Å². The van der Waals surface area contributed by atoms with Crippen molar-refractivity contribution in [2.75, 3.05) is 10.8 Å². The zero-order chi connectivity index (χ0) is 31.0. The van der Waals surface area contributed by atoms with Gasteiger partial charge in [0.25, 0.3) is 10.0 Å². The van der Waals surface area contributed by atoms with Crippen molar-refractivity contribution in [2.24, 2.45) is 0 Å². The molecule has 0 aliphatic carbocycles. The first-order valence-corrected chi connectivity index (χ1v) is 15.9. The molecule has 1 atom stereocenters. The zero-order valence-electron chi connectivity index (χ0n) is 24.5. The number of benzene rings is 4. The van der Waals surface area contributed by atoms with Gasteiger partial charge < -0.3 is 10.2 Å². The second-order valence-corrected chi connectivity index (χ2v) is 13.0. The van der Waals surface area contributed by atoms with Crippen LogP contribution in [-0.2, 0) is 32.6 Å². The molecular weight excluding hydrogens is 582 g/mol. The molecule has 0 saturated carbocycles. The number of nitrogens with one attached hydrogen (secondary N) is 1. The van der Waals surface area contributed by atoms with Crippen LogP contribution in [0.2, 0.25) is 5.02 Å². The van der Waals surface area contributed by atoms with Crippen LogP contribution in [0.15, 0.2) is 114 Å². The number of rotatable bonds is 12. The highest BCUT2D eigenvalue weighted by Gasteiger charge is 2.34. The standard InChI is InChI=1S/C34H36ClN3O4S/c1-25(2)36-34(40)32(22-27-10-6-4-7-11-27)37(23-28-16-18-29(35)19-17-28)33(39)24-38(30-20-14-26(3)15-21-30)43(41,42)31-12-8-5-9-13-31/h4-21,25,32H,22-24H2,1-3H3,(H,36,40)/t32-/m1/s1. The topological polar surface area (TPSA) is 86.8 Å². The van der Waals surface area contributed by atoms with Gasteiger partial charge in [-0.1, -0.05) is 90.0 Å². The fourth-order valence-electron chi connectivity index (χ4n) is 4.68. The van der Waals surface area contributed by atoms with Gasteiger partial charge in [0.15, 0.2) is 0 Å². The minimum Gasteiger partial charge on any atom is -0.352 e. The highest BCUT2D eigenvalue weighted by molar-refractivity contribution is 7.92. The maximum Gasteiger partial charge on any atom is 0.264 e. The first-order chi connectivity index (χ1) is 20.5. The van der Waals surface area contributed by atoms with Crippen molar-refractivity contribution in [3.05, 3.63) is 131 Å². The average Bonchev–Trinajstić information content (AvgIpc) is 2.99. The Bertz CT molecular complexity index is 1610. The van der Waals surface area contributed by atoms with Gasteiger partial charge in [0.2, 0.25) is 11.8 Å². The van der Waals surface area contributed by atoms with E-state index in [-0.39, 0.29) is 29.8 Å². The predicted octanol–water partition coefficient (Wildman–Crippen LogP) is 6.01. The maximum absolute atomic E-state index is 14.4. The summed E-state index contributed by atoms with van der Waals surface area (Å²) >= 11 is 6.13. The molecule has 0 aromatic heterocycles. The van der Waals surface area contributed by atoms with E-state index in [2.05, 4.69) is 5.32 Å². The Hall–Kier alpha value is -4.14. The molecule has 9 heteroatoms. The molecule has 7 nitrogen and oxygen atoms in total. The predicted molar refractivity (Wildman–Crippen MR) is 171 cm³/mol. The van der Waals surface area contributed by atoms with E-state index in [1.165, 1.54) is 17.0 Å². The van der Waals surface area contributed by atoms with Gasteiger partial charge in [0, 0.05) is 24.0 Å². The molecule has 0 bridgehead atoms. The van der Waals surface area contributed by atoms with Gasteiger partial charge in [-0.05, 0) is 68.3 Å². The lowest BCUT2D eigenvalue weighted by molar-refractivity contribution is -0.140. The van der Waals surface area contributed by atoms with Crippen LogP contribution in [0.1, 0.15) is 30.5 Å². The fraction of sp³-hybridized carbons (Fsp3) is 0.235. The summed E-state index contributed by atoms with van der Waals surface area (Å²) in [6.07, 6.45) is 0.245. The van der Waals surface area contributed by atoms with Crippen molar-refractivity contribution in [1.82, 2.24) is 10.2 Å². The Morgan fingerprint density at radius 1 is 0.791 bits per heavy atom. The lowest BCUT2D eigenvalue weighted by Gasteiger charge is -2.34. The summed E-state index contributed by atoms with van der Waals surface area (Å²) in [5.74, 6) is -0.844. The molecule has 0 fully saturated rings. The van der Waals surface area contributed by atoms with E-state index in [0.29, 0.717) is 10.7 Å². The van der Waals surface area contributed by atoms with E-state index in [4.69, 9.17) is 11.6 Å². The molecule has 0 unspecified atom stereocenters. The van der Waals surface area contributed by atoms with E-state index in [0.717, 1.165) is 21.0 Å². The number of carbonyl (C=O) groups excluding carboxylic acids is 2. The molecule has 2 amide bonds. The van der Waals surface area contributed by atoms with E-state index in [1.54, 1.807) is 66.7 Å². The van der Waals surface area contributed by atoms with Gasteiger partial charge in [-0.3, -0.25) is 13.9 Å². The van der Waals surface area contributed by atoms with Crippen molar-refractivity contribution in [3.63, 3.8) is 0 Å². The summed E-state index contributed by atoms with van der Waals surface area (Å²) < 4.78 is 29.1. The van der Waals surface area contributed by atoms with Crippen LogP contribution in [0, 0.1) is 6.92 Å². The third-order valence-electron chi connectivity index (χ3n) is 6.90. The number of aryl methyl sites for hydroxylation is 1. The highest BCUT2D eigenvalue weighted by atomic mass is 35.5. The Balaban J connectivity index is 1.79. The molecule has 4 aromatic rings. The Morgan fingerprint density at radius 2 is 1.37 bits per heavy atom. The maximum atomic E-state index is 14.4. The molecule has 0 aliphatic rings. The normalized spacial score (nSPS) is 12.0. The lowest BCUT2D eigenvalue weighted by atomic mass is 10.0. The number of nitrogens with zero attached hydrogens (tertiary/aromatic N) is 2. The van der Waals surface area contributed by atoms with E-state index in [9.17, 15) is 18.0 Å². The molecule has 4 rings (SSSR count). The second-order valence-electron chi connectivity index (χ2n) is 10.7. The number of carbonyl (C=O) groups is 2. The SMILES string of the molecule is Cc1ccc(N(CC(=O)N(Cc2ccc(Cl)cc2)[C@H](Cc2ccccc2)C(=O)NC(C)C)S(=O)(=O)c2ccccc2)cc1. The van der Waals surface area contributed by atoms with Gasteiger partial charge in [-0.25, -0.2) is 8.42 Å². The van der Waals surface area contributed by atoms with Crippen molar-refractivity contribution >= 4 is 39.1 Å². The largest absolute Gasteiger partial charge is 0.352 e. The van der Waals surface area contributed by atoms with E-state index in [1.807, 2.05) is 51.1 Å². The molecule has 0 radical (unpaired) electrons. The van der Waals surface area contributed by atoms with Crippen LogP contribution >= 0.6 is 11.6 Å². The number of hydrogen-bond donors (Lipinski definition) is 1. The smallest absolute Gasteiger partial charge is 0.264 e. The quantitative estimate of drug-likeness (QED) is 0.211. The fourth-order valence-corrected chi connectivity index (χ4v) is 6.24.